The van der Waals surface area contributed by atoms with Crippen molar-refractivity contribution in [3.63, 3.8) is 0 Å². The third kappa shape index (κ3) is 2.80. The van der Waals surface area contributed by atoms with Crippen molar-refractivity contribution in [3.8, 4) is 0 Å². The molecule has 0 aliphatic carbocycles. The maximum Gasteiger partial charge on any atom is 0.302 e. The minimum Gasteiger partial charge on any atom is -0.460 e. The number of carbonyl (C=O) groups excluding carboxylic acids is 3. The van der Waals surface area contributed by atoms with E-state index in [0.29, 0.717) is 0 Å². The summed E-state index contributed by atoms with van der Waals surface area (Å²) in [6, 6.07) is 3.81. The first-order valence-electron chi connectivity index (χ1n) is 7.88. The van der Waals surface area contributed by atoms with Crippen LogP contribution in [0, 0.1) is 0 Å². The van der Waals surface area contributed by atoms with Gasteiger partial charge in [0.05, 0.1) is 17.2 Å². The Hall–Kier alpha value is -2.94. The number of hydrogen-bond donors (Lipinski definition) is 1. The van der Waals surface area contributed by atoms with Crippen LogP contribution in [0.3, 0.4) is 0 Å². The maximum absolute atomic E-state index is 12.7. The summed E-state index contributed by atoms with van der Waals surface area (Å²) in [5, 5.41) is 14.0. The van der Waals surface area contributed by atoms with Gasteiger partial charge in [-0.2, -0.15) is 0 Å². The molecule has 0 saturated carbocycles. The summed E-state index contributed by atoms with van der Waals surface area (Å²) in [6.45, 7) is 2.66. The summed E-state index contributed by atoms with van der Waals surface area (Å²) in [5.74, 6) is -2.01. The van der Waals surface area contributed by atoms with Gasteiger partial charge in [0.15, 0.2) is 6.29 Å². The summed E-state index contributed by atoms with van der Waals surface area (Å²) in [6.07, 6.45) is -3.65. The van der Waals surface area contributed by atoms with Crippen LogP contribution in [0.2, 0.25) is 0 Å². The Morgan fingerprint density at radius 3 is 2.38 bits per heavy atom. The first-order valence-corrected chi connectivity index (χ1v) is 7.88. The van der Waals surface area contributed by atoms with Gasteiger partial charge in [0.2, 0.25) is 0 Å². The van der Waals surface area contributed by atoms with E-state index in [2.05, 4.69) is 10.0 Å². The minimum absolute atomic E-state index is 0.172. The molecular formula is C16H16N4O6. The molecule has 2 heterocycles. The summed E-state index contributed by atoms with van der Waals surface area (Å²) in [5.41, 5.74) is 9.15. The highest BCUT2D eigenvalue weighted by Crippen LogP contribution is 2.33. The molecule has 10 nitrogen and oxygen atoms in total. The normalized spacial score (nSPS) is 30.6. The van der Waals surface area contributed by atoms with Crippen LogP contribution in [0.1, 0.15) is 34.6 Å². The molecule has 0 aromatic heterocycles. The number of ether oxygens (including phenoxy) is 2. The molecular weight excluding hydrogens is 344 g/mol. The number of amides is 2. The van der Waals surface area contributed by atoms with Crippen molar-refractivity contribution >= 4 is 17.8 Å². The van der Waals surface area contributed by atoms with Crippen LogP contribution < -0.4 is 0 Å². The Kier molecular flexibility index (Phi) is 4.64. The fourth-order valence-corrected chi connectivity index (χ4v) is 3.32. The number of imide groups is 1. The Morgan fingerprint density at radius 2 is 1.88 bits per heavy atom. The van der Waals surface area contributed by atoms with Gasteiger partial charge < -0.3 is 14.6 Å². The molecule has 1 unspecified atom stereocenters. The molecule has 1 aromatic rings. The highest BCUT2D eigenvalue weighted by atomic mass is 16.6. The van der Waals surface area contributed by atoms with E-state index in [-0.39, 0.29) is 11.1 Å². The average molecular weight is 360 g/mol. The van der Waals surface area contributed by atoms with Crippen LogP contribution in [0.5, 0.6) is 0 Å². The zero-order valence-electron chi connectivity index (χ0n) is 14.0. The van der Waals surface area contributed by atoms with Gasteiger partial charge >= 0.3 is 5.97 Å². The Morgan fingerprint density at radius 1 is 1.31 bits per heavy atom. The largest absolute Gasteiger partial charge is 0.460 e. The van der Waals surface area contributed by atoms with Crippen molar-refractivity contribution in [1.82, 2.24) is 4.90 Å². The number of esters is 1. The molecule has 1 fully saturated rings. The van der Waals surface area contributed by atoms with E-state index in [1.165, 1.54) is 19.1 Å². The lowest BCUT2D eigenvalue weighted by Crippen LogP contribution is -2.64. The molecule has 5 atom stereocenters. The second-order valence-corrected chi connectivity index (χ2v) is 6.02. The van der Waals surface area contributed by atoms with Gasteiger partial charge in [0.1, 0.15) is 18.2 Å². The van der Waals surface area contributed by atoms with Gasteiger partial charge in [-0.25, -0.2) is 0 Å². The number of aliphatic hydroxyl groups excluding tert-OH is 1. The van der Waals surface area contributed by atoms with Gasteiger partial charge in [-0.15, -0.1) is 0 Å². The van der Waals surface area contributed by atoms with E-state index < -0.39 is 48.4 Å². The van der Waals surface area contributed by atoms with Gasteiger partial charge in [-0.05, 0) is 24.6 Å². The number of aliphatic hydroxyl groups is 1. The van der Waals surface area contributed by atoms with Crippen molar-refractivity contribution in [3.05, 3.63) is 45.8 Å². The molecule has 2 aliphatic rings. The predicted octanol–water partition coefficient (Wildman–Crippen LogP) is 0.999. The molecule has 136 valence electrons. The molecule has 3 rings (SSSR count). The molecule has 1 saturated heterocycles. The first-order chi connectivity index (χ1) is 12.4. The third-order valence-corrected chi connectivity index (χ3v) is 4.41. The number of nitrogens with zero attached hydrogens (tertiary/aromatic N) is 4. The van der Waals surface area contributed by atoms with Crippen LogP contribution in [0.4, 0.5) is 0 Å². The summed E-state index contributed by atoms with van der Waals surface area (Å²) < 4.78 is 10.6. The van der Waals surface area contributed by atoms with Crippen LogP contribution in [-0.4, -0.2) is 58.4 Å². The van der Waals surface area contributed by atoms with E-state index in [4.69, 9.17) is 15.0 Å². The second-order valence-electron chi connectivity index (χ2n) is 6.02. The predicted molar refractivity (Wildman–Crippen MR) is 85.8 cm³/mol. The number of carbonyl (C=O) groups is 3. The zero-order valence-corrected chi connectivity index (χ0v) is 14.0. The van der Waals surface area contributed by atoms with Gasteiger partial charge in [0, 0.05) is 11.8 Å². The maximum atomic E-state index is 12.7. The van der Waals surface area contributed by atoms with Crippen molar-refractivity contribution < 1.29 is 29.0 Å². The van der Waals surface area contributed by atoms with Crippen LogP contribution in [0.15, 0.2) is 29.4 Å². The molecule has 0 spiro atoms. The standard InChI is InChI=1S/C16H16N4O6/c1-7-11(18-19-17)13(26-8(2)21)12(16(24)25-7)20-14(22)9-5-3-4-6-10(9)15(20)23/h3-7,11-13,16,24H,1-2H3/t7-,11+,12-,13+,16?/m1/s1. The molecule has 10 heteroatoms. The Labute approximate surface area is 147 Å². The quantitative estimate of drug-likeness (QED) is 0.280. The minimum atomic E-state index is -1.61. The van der Waals surface area contributed by atoms with E-state index in [1.54, 1.807) is 12.1 Å². The average Bonchev–Trinajstić information content (AvgIpc) is 2.83. The van der Waals surface area contributed by atoms with Gasteiger partial charge in [-0.3, -0.25) is 19.3 Å². The summed E-state index contributed by atoms with van der Waals surface area (Å²) in [7, 11) is 0. The van der Waals surface area contributed by atoms with Crippen LogP contribution in [-0.2, 0) is 14.3 Å². The lowest BCUT2D eigenvalue weighted by atomic mass is 9.94. The SMILES string of the molecule is CC(=O)O[C@H]1[C@@H](N=[N+]=[N-])[C@@H](C)OC(O)[C@@H]1N1C(=O)c2ccccc2C1=O. The van der Waals surface area contributed by atoms with E-state index in [1.807, 2.05) is 0 Å². The van der Waals surface area contributed by atoms with Crippen molar-refractivity contribution in [2.75, 3.05) is 0 Å². The van der Waals surface area contributed by atoms with Gasteiger partial charge in [-0.1, -0.05) is 17.2 Å². The summed E-state index contributed by atoms with van der Waals surface area (Å²) in [4.78, 5) is 40.5. The molecule has 2 amide bonds. The number of benzene rings is 1. The Balaban J connectivity index is 2.05. The van der Waals surface area contributed by atoms with Crippen LogP contribution >= 0.6 is 0 Å². The molecule has 1 N–H and O–H groups in total. The lowest BCUT2D eigenvalue weighted by Gasteiger charge is -2.44. The first kappa shape index (κ1) is 17.9. The van der Waals surface area contributed by atoms with Gasteiger partial charge in [0.25, 0.3) is 11.8 Å². The molecule has 0 bridgehead atoms. The van der Waals surface area contributed by atoms with Crippen molar-refractivity contribution in [2.45, 2.75) is 44.4 Å². The van der Waals surface area contributed by atoms with Crippen LogP contribution in [0.25, 0.3) is 10.4 Å². The lowest BCUT2D eigenvalue weighted by molar-refractivity contribution is -0.228. The summed E-state index contributed by atoms with van der Waals surface area (Å²) >= 11 is 0. The van der Waals surface area contributed by atoms with E-state index in [0.717, 1.165) is 11.8 Å². The molecule has 26 heavy (non-hydrogen) atoms. The van der Waals surface area contributed by atoms with Crippen molar-refractivity contribution in [2.24, 2.45) is 5.11 Å². The highest BCUT2D eigenvalue weighted by molar-refractivity contribution is 6.21. The fourth-order valence-electron chi connectivity index (χ4n) is 3.32. The highest BCUT2D eigenvalue weighted by Gasteiger charge is 2.53. The van der Waals surface area contributed by atoms with E-state index in [9.17, 15) is 19.5 Å². The number of azide groups is 1. The second kappa shape index (κ2) is 6.75. The number of rotatable bonds is 3. The Bertz CT molecular complexity index is 786. The monoisotopic (exact) mass is 360 g/mol. The topological polar surface area (TPSA) is 142 Å². The zero-order chi connectivity index (χ0) is 19.0. The molecule has 0 radical (unpaired) electrons. The molecule has 2 aliphatic heterocycles. The number of fused-ring (bicyclic) bond motifs is 1. The van der Waals surface area contributed by atoms with E-state index >= 15 is 0 Å². The molecule has 1 aromatic carbocycles. The smallest absolute Gasteiger partial charge is 0.302 e. The third-order valence-electron chi connectivity index (χ3n) is 4.41. The number of hydrogen-bond acceptors (Lipinski definition) is 7. The fraction of sp³-hybridized carbons (Fsp3) is 0.438. The van der Waals surface area contributed by atoms with Crippen molar-refractivity contribution in [1.29, 1.82) is 0 Å².